The van der Waals surface area contributed by atoms with E-state index in [0.717, 1.165) is 11.3 Å². The molecule has 1 atom stereocenters. The van der Waals surface area contributed by atoms with Crippen molar-refractivity contribution < 1.29 is 18.9 Å². The molecule has 0 aliphatic carbocycles. The lowest BCUT2D eigenvalue weighted by molar-refractivity contribution is 0.179. The first-order valence-corrected chi connectivity index (χ1v) is 7.34. The Morgan fingerprint density at radius 1 is 1.04 bits per heavy atom. The summed E-state index contributed by atoms with van der Waals surface area (Å²) < 4.78 is 21.1. The minimum Gasteiger partial charge on any atom is -0.496 e. The van der Waals surface area contributed by atoms with E-state index in [1.807, 2.05) is 13.0 Å². The van der Waals surface area contributed by atoms with Crippen molar-refractivity contribution in [2.45, 2.75) is 19.5 Å². The number of nitrogens with zero attached hydrogens (tertiary/aromatic N) is 1. The molecule has 0 aliphatic rings. The van der Waals surface area contributed by atoms with Gasteiger partial charge in [0.05, 0.1) is 27.9 Å². The Balaban J connectivity index is 0.00000529. The molecule has 0 spiro atoms. The van der Waals surface area contributed by atoms with E-state index in [2.05, 4.69) is 15.6 Å². The van der Waals surface area contributed by atoms with Crippen LogP contribution in [-0.2, 0) is 11.3 Å². The number of halogens is 1. The topological polar surface area (TPSA) is 73.3 Å². The van der Waals surface area contributed by atoms with Gasteiger partial charge in [0, 0.05) is 38.4 Å². The number of hydrogen-bond acceptors (Lipinski definition) is 5. The van der Waals surface area contributed by atoms with Crippen molar-refractivity contribution in [2.24, 2.45) is 4.99 Å². The number of guanidine groups is 1. The van der Waals surface area contributed by atoms with Crippen LogP contribution in [0.2, 0.25) is 0 Å². The maximum absolute atomic E-state index is 5.42. The minimum atomic E-state index is 0. The fourth-order valence-corrected chi connectivity index (χ4v) is 2.13. The number of aliphatic imine (C=N–C) groups is 1. The van der Waals surface area contributed by atoms with Gasteiger partial charge >= 0.3 is 0 Å². The molecule has 138 valence electrons. The number of hydrogen-bond donors (Lipinski definition) is 2. The van der Waals surface area contributed by atoms with E-state index in [0.29, 0.717) is 30.6 Å². The highest BCUT2D eigenvalue weighted by Gasteiger charge is 2.12. The van der Waals surface area contributed by atoms with Gasteiger partial charge in [0.25, 0.3) is 0 Å². The van der Waals surface area contributed by atoms with E-state index < -0.39 is 0 Å². The van der Waals surface area contributed by atoms with Crippen molar-refractivity contribution >= 4 is 29.9 Å². The van der Waals surface area contributed by atoms with Gasteiger partial charge in [-0.1, -0.05) is 0 Å². The summed E-state index contributed by atoms with van der Waals surface area (Å²) in [5, 5.41) is 6.49. The highest BCUT2D eigenvalue weighted by atomic mass is 127. The molecular formula is C16H28IN3O4. The predicted molar refractivity (Wildman–Crippen MR) is 106 cm³/mol. The first-order chi connectivity index (χ1) is 11.1. The molecular weight excluding hydrogens is 425 g/mol. The molecule has 2 N–H and O–H groups in total. The van der Waals surface area contributed by atoms with Gasteiger partial charge in [0.15, 0.2) is 17.5 Å². The van der Waals surface area contributed by atoms with Crippen LogP contribution in [0, 0.1) is 0 Å². The fourth-order valence-electron chi connectivity index (χ4n) is 2.13. The second-order valence-corrected chi connectivity index (χ2v) is 4.95. The molecule has 0 amide bonds. The largest absolute Gasteiger partial charge is 0.496 e. The number of nitrogens with one attached hydrogen (secondary N) is 2. The third-order valence-electron chi connectivity index (χ3n) is 3.26. The average Bonchev–Trinajstić information content (AvgIpc) is 2.57. The van der Waals surface area contributed by atoms with Crippen LogP contribution in [-0.4, -0.2) is 54.1 Å². The SMILES string of the molecule is CN=C(NCc1cc(OC)c(OC)cc1OC)NC(C)COC.I. The monoisotopic (exact) mass is 453 g/mol. The van der Waals surface area contributed by atoms with Crippen molar-refractivity contribution in [3.8, 4) is 17.2 Å². The summed E-state index contributed by atoms with van der Waals surface area (Å²) in [5.41, 5.74) is 0.937. The molecule has 1 unspecified atom stereocenters. The standard InChI is InChI=1S/C16H27N3O4.HI/c1-11(10-20-3)19-16(17-2)18-9-12-7-14(22-5)15(23-6)8-13(12)21-4;/h7-8,11H,9-10H2,1-6H3,(H2,17,18,19);1H. The average molecular weight is 453 g/mol. The number of rotatable bonds is 8. The summed E-state index contributed by atoms with van der Waals surface area (Å²) in [6.07, 6.45) is 0. The molecule has 0 saturated carbocycles. The third kappa shape index (κ3) is 6.60. The zero-order valence-electron chi connectivity index (χ0n) is 15.1. The summed E-state index contributed by atoms with van der Waals surface area (Å²) in [5.74, 6) is 2.69. The van der Waals surface area contributed by atoms with E-state index in [4.69, 9.17) is 18.9 Å². The van der Waals surface area contributed by atoms with Crippen LogP contribution >= 0.6 is 24.0 Å². The Labute approximate surface area is 161 Å². The van der Waals surface area contributed by atoms with Crippen LogP contribution in [0.3, 0.4) is 0 Å². The lowest BCUT2D eigenvalue weighted by Gasteiger charge is -2.19. The van der Waals surface area contributed by atoms with Gasteiger partial charge in [0.2, 0.25) is 0 Å². The summed E-state index contributed by atoms with van der Waals surface area (Å²) in [7, 11) is 8.22. The van der Waals surface area contributed by atoms with Crippen LogP contribution in [0.4, 0.5) is 0 Å². The van der Waals surface area contributed by atoms with Crippen molar-refractivity contribution in [1.82, 2.24) is 10.6 Å². The van der Waals surface area contributed by atoms with Gasteiger partial charge in [-0.2, -0.15) is 0 Å². The predicted octanol–water partition coefficient (Wildman–Crippen LogP) is 2.03. The maximum atomic E-state index is 5.42. The summed E-state index contributed by atoms with van der Waals surface area (Å²) in [4.78, 5) is 4.20. The molecule has 1 aromatic rings. The Morgan fingerprint density at radius 3 is 2.12 bits per heavy atom. The molecule has 1 rings (SSSR count). The van der Waals surface area contributed by atoms with Gasteiger partial charge in [-0.05, 0) is 13.0 Å². The maximum Gasteiger partial charge on any atom is 0.191 e. The molecule has 8 heteroatoms. The molecule has 0 radical (unpaired) electrons. The Bertz CT molecular complexity index is 526. The van der Waals surface area contributed by atoms with Gasteiger partial charge < -0.3 is 29.6 Å². The molecule has 7 nitrogen and oxygen atoms in total. The second kappa shape index (κ2) is 12.0. The van der Waals surface area contributed by atoms with Crippen LogP contribution in [0.5, 0.6) is 17.2 Å². The summed E-state index contributed by atoms with van der Waals surface area (Å²) >= 11 is 0. The van der Waals surface area contributed by atoms with E-state index in [1.54, 1.807) is 41.6 Å². The molecule has 1 aromatic carbocycles. The minimum absolute atomic E-state index is 0. The second-order valence-electron chi connectivity index (χ2n) is 4.95. The molecule has 24 heavy (non-hydrogen) atoms. The molecule has 0 fully saturated rings. The van der Waals surface area contributed by atoms with E-state index in [1.165, 1.54) is 0 Å². The Hall–Kier alpha value is -1.42. The van der Waals surface area contributed by atoms with Crippen LogP contribution < -0.4 is 24.8 Å². The lowest BCUT2D eigenvalue weighted by atomic mass is 10.1. The molecule has 0 aliphatic heterocycles. The van der Waals surface area contributed by atoms with Crippen LogP contribution in [0.25, 0.3) is 0 Å². The lowest BCUT2D eigenvalue weighted by Crippen LogP contribution is -2.43. The molecule has 0 saturated heterocycles. The van der Waals surface area contributed by atoms with Crippen LogP contribution in [0.15, 0.2) is 17.1 Å². The summed E-state index contributed by atoms with van der Waals surface area (Å²) in [6, 6.07) is 3.84. The Morgan fingerprint density at radius 2 is 1.62 bits per heavy atom. The Kier molecular flexibility index (Phi) is 11.3. The number of benzene rings is 1. The van der Waals surface area contributed by atoms with Crippen LogP contribution in [0.1, 0.15) is 12.5 Å². The van der Waals surface area contributed by atoms with Crippen molar-refractivity contribution in [2.75, 3.05) is 42.1 Å². The first-order valence-electron chi connectivity index (χ1n) is 7.34. The molecule has 0 aromatic heterocycles. The first kappa shape index (κ1) is 22.6. The fraction of sp³-hybridized carbons (Fsp3) is 0.562. The van der Waals surface area contributed by atoms with E-state index in [-0.39, 0.29) is 30.0 Å². The number of methoxy groups -OCH3 is 4. The number of ether oxygens (including phenoxy) is 4. The highest BCUT2D eigenvalue weighted by Crippen LogP contribution is 2.34. The van der Waals surface area contributed by atoms with Gasteiger partial charge in [0.1, 0.15) is 5.75 Å². The van der Waals surface area contributed by atoms with Crippen molar-refractivity contribution in [1.29, 1.82) is 0 Å². The van der Waals surface area contributed by atoms with E-state index in [9.17, 15) is 0 Å². The molecule has 0 heterocycles. The quantitative estimate of drug-likeness (QED) is 0.357. The third-order valence-corrected chi connectivity index (χ3v) is 3.26. The van der Waals surface area contributed by atoms with Crippen molar-refractivity contribution in [3.05, 3.63) is 17.7 Å². The summed E-state index contributed by atoms with van der Waals surface area (Å²) in [6.45, 7) is 3.15. The highest BCUT2D eigenvalue weighted by molar-refractivity contribution is 14.0. The van der Waals surface area contributed by atoms with Gasteiger partial charge in [-0.25, -0.2) is 0 Å². The zero-order chi connectivity index (χ0) is 17.2. The van der Waals surface area contributed by atoms with Crippen molar-refractivity contribution in [3.63, 3.8) is 0 Å². The smallest absolute Gasteiger partial charge is 0.191 e. The normalized spacial score (nSPS) is 12.0. The van der Waals surface area contributed by atoms with Gasteiger partial charge in [-0.3, -0.25) is 4.99 Å². The zero-order valence-corrected chi connectivity index (χ0v) is 17.5. The van der Waals surface area contributed by atoms with Gasteiger partial charge in [-0.15, -0.1) is 24.0 Å². The molecule has 0 bridgehead atoms. The van der Waals surface area contributed by atoms with E-state index >= 15 is 0 Å².